The molecule has 0 heterocycles. The summed E-state index contributed by atoms with van der Waals surface area (Å²) in [5.74, 6) is -0.529. The van der Waals surface area contributed by atoms with Crippen molar-refractivity contribution in [1.82, 2.24) is 0 Å². The summed E-state index contributed by atoms with van der Waals surface area (Å²) in [4.78, 5) is 24.7. The third kappa shape index (κ3) is 4.48. The largest absolute Gasteiger partial charge is 0.447 e. The molecule has 3 rings (SSSR count). The molecule has 0 radical (unpaired) electrons. The molecule has 1 aliphatic carbocycles. The van der Waals surface area contributed by atoms with Gasteiger partial charge in [-0.05, 0) is 48.7 Å². The Bertz CT molecular complexity index is 852. The van der Waals surface area contributed by atoms with Crippen molar-refractivity contribution >= 4 is 23.4 Å². The molecule has 0 aliphatic heterocycles. The van der Waals surface area contributed by atoms with Crippen molar-refractivity contribution in [3.63, 3.8) is 0 Å². The minimum absolute atomic E-state index is 0.148. The summed E-state index contributed by atoms with van der Waals surface area (Å²) in [6.45, 7) is 0.459. The van der Waals surface area contributed by atoms with Crippen molar-refractivity contribution in [2.75, 3.05) is 31.0 Å². The maximum Gasteiger partial charge on any atom is 0.411 e. The first-order valence-corrected chi connectivity index (χ1v) is 9.14. The Labute approximate surface area is 163 Å². The summed E-state index contributed by atoms with van der Waals surface area (Å²) < 4.78 is 23.4. The zero-order valence-corrected chi connectivity index (χ0v) is 15.7. The highest BCUT2D eigenvalue weighted by Crippen LogP contribution is 2.44. The standard InChI is InChI=1S/C21H23FN2O4/c1-27-11-12-28-20(26)24-18-8-3-7-17(14-18)23-19(25)21(9-4-10-21)15-5-2-6-16(22)13-15/h2-3,5-8,13-14H,4,9-12H2,1H3,(H,23,25)(H,24,26). The van der Waals surface area contributed by atoms with Crippen LogP contribution in [0, 0.1) is 5.82 Å². The van der Waals surface area contributed by atoms with E-state index in [2.05, 4.69) is 10.6 Å². The molecule has 0 aromatic heterocycles. The number of benzene rings is 2. The fourth-order valence-corrected chi connectivity index (χ4v) is 3.26. The van der Waals surface area contributed by atoms with Crippen molar-refractivity contribution in [3.8, 4) is 0 Å². The van der Waals surface area contributed by atoms with Crippen LogP contribution in [0.15, 0.2) is 48.5 Å². The minimum atomic E-state index is -0.718. The Morgan fingerprint density at radius 2 is 1.75 bits per heavy atom. The highest BCUT2D eigenvalue weighted by molar-refractivity contribution is 6.00. The molecule has 148 valence electrons. The molecule has 0 saturated heterocycles. The number of amides is 2. The van der Waals surface area contributed by atoms with E-state index in [-0.39, 0.29) is 18.3 Å². The maximum absolute atomic E-state index is 13.6. The Morgan fingerprint density at radius 1 is 1.04 bits per heavy atom. The number of hydrogen-bond donors (Lipinski definition) is 2. The van der Waals surface area contributed by atoms with Gasteiger partial charge in [-0.1, -0.05) is 24.6 Å². The number of halogens is 1. The molecular formula is C21H23FN2O4. The predicted octanol–water partition coefficient (Wildman–Crippen LogP) is 4.08. The number of carbonyl (C=O) groups is 2. The van der Waals surface area contributed by atoms with Crippen molar-refractivity contribution in [2.45, 2.75) is 24.7 Å². The normalized spacial score (nSPS) is 14.6. The summed E-state index contributed by atoms with van der Waals surface area (Å²) in [5, 5.41) is 5.50. The van der Waals surface area contributed by atoms with Crippen LogP contribution < -0.4 is 10.6 Å². The molecule has 2 N–H and O–H groups in total. The maximum atomic E-state index is 13.6. The molecule has 0 spiro atoms. The molecule has 1 fully saturated rings. The van der Waals surface area contributed by atoms with Gasteiger partial charge >= 0.3 is 6.09 Å². The van der Waals surface area contributed by atoms with E-state index < -0.39 is 11.5 Å². The third-order valence-corrected chi connectivity index (χ3v) is 4.91. The SMILES string of the molecule is COCCOC(=O)Nc1cccc(NC(=O)C2(c3cccc(F)c3)CCC2)c1. The lowest BCUT2D eigenvalue weighted by molar-refractivity contribution is -0.124. The van der Waals surface area contributed by atoms with Crippen LogP contribution in [0.1, 0.15) is 24.8 Å². The van der Waals surface area contributed by atoms with Crippen molar-refractivity contribution in [1.29, 1.82) is 0 Å². The van der Waals surface area contributed by atoms with Gasteiger partial charge in [-0.15, -0.1) is 0 Å². The molecular weight excluding hydrogens is 363 g/mol. The Balaban J connectivity index is 1.68. The van der Waals surface area contributed by atoms with Crippen LogP contribution in [0.25, 0.3) is 0 Å². The quantitative estimate of drug-likeness (QED) is 0.703. The summed E-state index contributed by atoms with van der Waals surface area (Å²) in [7, 11) is 1.52. The molecule has 7 heteroatoms. The highest BCUT2D eigenvalue weighted by Gasteiger charge is 2.45. The first-order valence-electron chi connectivity index (χ1n) is 9.14. The van der Waals surface area contributed by atoms with Crippen LogP contribution in [-0.2, 0) is 19.7 Å². The van der Waals surface area contributed by atoms with Gasteiger partial charge in [0.15, 0.2) is 0 Å². The molecule has 6 nitrogen and oxygen atoms in total. The highest BCUT2D eigenvalue weighted by atomic mass is 19.1. The number of anilines is 2. The zero-order chi connectivity index (χ0) is 20.0. The number of ether oxygens (including phenoxy) is 2. The number of rotatable bonds is 7. The van der Waals surface area contributed by atoms with Gasteiger partial charge in [-0.25, -0.2) is 9.18 Å². The van der Waals surface area contributed by atoms with Crippen LogP contribution in [0.3, 0.4) is 0 Å². The van der Waals surface area contributed by atoms with E-state index >= 15 is 0 Å². The lowest BCUT2D eigenvalue weighted by Crippen LogP contribution is -2.46. The molecule has 0 atom stereocenters. The van der Waals surface area contributed by atoms with Crippen molar-refractivity contribution in [2.24, 2.45) is 0 Å². The van der Waals surface area contributed by atoms with E-state index in [4.69, 9.17) is 9.47 Å². The topological polar surface area (TPSA) is 76.7 Å². The van der Waals surface area contributed by atoms with Gasteiger partial charge in [-0.3, -0.25) is 10.1 Å². The van der Waals surface area contributed by atoms with E-state index in [0.29, 0.717) is 36.4 Å². The average molecular weight is 386 g/mol. The monoisotopic (exact) mass is 386 g/mol. The molecule has 0 unspecified atom stereocenters. The number of hydrogen-bond acceptors (Lipinski definition) is 4. The average Bonchev–Trinajstić information content (AvgIpc) is 2.61. The summed E-state index contributed by atoms with van der Waals surface area (Å²) in [6, 6.07) is 13.0. The van der Waals surface area contributed by atoms with Crippen LogP contribution in [-0.4, -0.2) is 32.3 Å². The van der Waals surface area contributed by atoms with Crippen molar-refractivity contribution in [3.05, 3.63) is 59.9 Å². The van der Waals surface area contributed by atoms with Crippen LogP contribution >= 0.6 is 0 Å². The predicted molar refractivity (Wildman–Crippen MR) is 104 cm³/mol. The molecule has 1 aliphatic rings. The second-order valence-electron chi connectivity index (χ2n) is 6.73. The van der Waals surface area contributed by atoms with Gasteiger partial charge in [0.1, 0.15) is 12.4 Å². The first kappa shape index (κ1) is 19.8. The van der Waals surface area contributed by atoms with Crippen LogP contribution in [0.5, 0.6) is 0 Å². The smallest absolute Gasteiger partial charge is 0.411 e. The number of carbonyl (C=O) groups excluding carboxylic acids is 2. The van der Waals surface area contributed by atoms with Gasteiger partial charge in [0.05, 0.1) is 12.0 Å². The van der Waals surface area contributed by atoms with Gasteiger partial charge in [-0.2, -0.15) is 0 Å². The fourth-order valence-electron chi connectivity index (χ4n) is 3.26. The third-order valence-electron chi connectivity index (χ3n) is 4.91. The van der Waals surface area contributed by atoms with Gasteiger partial charge in [0, 0.05) is 18.5 Å². The Morgan fingerprint density at radius 3 is 2.39 bits per heavy atom. The van der Waals surface area contributed by atoms with Crippen LogP contribution in [0.4, 0.5) is 20.6 Å². The van der Waals surface area contributed by atoms with E-state index in [9.17, 15) is 14.0 Å². The molecule has 28 heavy (non-hydrogen) atoms. The van der Waals surface area contributed by atoms with Gasteiger partial charge in [0.2, 0.25) is 5.91 Å². The molecule has 0 bridgehead atoms. The van der Waals surface area contributed by atoms with Crippen LogP contribution in [0.2, 0.25) is 0 Å². The number of nitrogens with one attached hydrogen (secondary N) is 2. The number of methoxy groups -OCH3 is 1. The summed E-state index contributed by atoms with van der Waals surface area (Å²) >= 11 is 0. The van der Waals surface area contributed by atoms with E-state index in [1.165, 1.54) is 19.2 Å². The summed E-state index contributed by atoms with van der Waals surface area (Å²) in [5.41, 5.74) is 1.01. The second kappa shape index (κ2) is 8.84. The molecule has 2 amide bonds. The zero-order valence-electron chi connectivity index (χ0n) is 15.7. The Hall–Kier alpha value is -2.93. The van der Waals surface area contributed by atoms with Gasteiger partial charge in [0.25, 0.3) is 0 Å². The lowest BCUT2D eigenvalue weighted by Gasteiger charge is -2.40. The Kier molecular flexibility index (Phi) is 6.26. The van der Waals surface area contributed by atoms with E-state index in [1.54, 1.807) is 36.4 Å². The molecule has 1 saturated carbocycles. The molecule has 2 aromatic rings. The first-order chi connectivity index (χ1) is 13.5. The lowest BCUT2D eigenvalue weighted by atomic mass is 9.63. The minimum Gasteiger partial charge on any atom is -0.447 e. The summed E-state index contributed by atoms with van der Waals surface area (Å²) in [6.07, 6.45) is 1.66. The van der Waals surface area contributed by atoms with E-state index in [0.717, 1.165) is 6.42 Å². The van der Waals surface area contributed by atoms with Crippen molar-refractivity contribution < 1.29 is 23.5 Å². The second-order valence-corrected chi connectivity index (χ2v) is 6.73. The fraction of sp³-hybridized carbons (Fsp3) is 0.333. The van der Waals surface area contributed by atoms with Gasteiger partial charge < -0.3 is 14.8 Å². The van der Waals surface area contributed by atoms with E-state index in [1.807, 2.05) is 0 Å². The molecule has 2 aromatic carbocycles.